The van der Waals surface area contributed by atoms with Gasteiger partial charge in [-0.1, -0.05) is 0 Å². The van der Waals surface area contributed by atoms with Crippen molar-refractivity contribution in [3.05, 3.63) is 50.4 Å². The number of hydrogen-bond acceptors (Lipinski definition) is 5. The molecular weight excluding hydrogens is 328 g/mol. The monoisotopic (exact) mass is 340 g/mol. The van der Waals surface area contributed by atoms with E-state index in [0.717, 1.165) is 16.7 Å². The molecule has 1 N–H and O–H groups in total. The molecule has 0 aliphatic carbocycles. The molecule has 100 valence electrons. The van der Waals surface area contributed by atoms with Crippen LogP contribution in [0.15, 0.2) is 34.2 Å². The van der Waals surface area contributed by atoms with Gasteiger partial charge in [0.15, 0.2) is 0 Å². The second-order valence-corrected chi connectivity index (χ2v) is 5.68. The van der Waals surface area contributed by atoms with Crippen LogP contribution in [-0.4, -0.2) is 18.1 Å². The molecule has 4 nitrogen and oxygen atoms in total. The summed E-state index contributed by atoms with van der Waals surface area (Å²) in [6.45, 7) is 1.45. The van der Waals surface area contributed by atoms with Crippen molar-refractivity contribution in [1.29, 1.82) is 0 Å². The van der Waals surface area contributed by atoms with Crippen molar-refractivity contribution in [2.45, 2.75) is 13.1 Å². The van der Waals surface area contributed by atoms with Gasteiger partial charge in [0.1, 0.15) is 0 Å². The van der Waals surface area contributed by atoms with E-state index in [1.807, 2.05) is 17.5 Å². The van der Waals surface area contributed by atoms with Gasteiger partial charge in [-0.2, -0.15) is 0 Å². The highest BCUT2D eigenvalue weighted by Gasteiger charge is 2.05. The SMILES string of the molecule is COC(=O)c1ccc(CNCc2sccc2Br)nc1. The van der Waals surface area contributed by atoms with Gasteiger partial charge in [0.05, 0.1) is 18.4 Å². The van der Waals surface area contributed by atoms with Crippen molar-refractivity contribution in [3.8, 4) is 0 Å². The van der Waals surface area contributed by atoms with E-state index in [9.17, 15) is 4.79 Å². The van der Waals surface area contributed by atoms with Crippen LogP contribution in [0.2, 0.25) is 0 Å². The van der Waals surface area contributed by atoms with Crippen molar-refractivity contribution < 1.29 is 9.53 Å². The molecule has 0 fully saturated rings. The minimum Gasteiger partial charge on any atom is -0.465 e. The molecule has 0 spiro atoms. The van der Waals surface area contributed by atoms with Crippen LogP contribution in [0.1, 0.15) is 20.9 Å². The van der Waals surface area contributed by atoms with Crippen LogP contribution in [0, 0.1) is 0 Å². The number of carbonyl (C=O) groups excluding carboxylic acids is 1. The summed E-state index contributed by atoms with van der Waals surface area (Å²) in [4.78, 5) is 16.7. The summed E-state index contributed by atoms with van der Waals surface area (Å²) >= 11 is 5.19. The zero-order valence-electron chi connectivity index (χ0n) is 10.4. The largest absolute Gasteiger partial charge is 0.465 e. The number of pyridine rings is 1. The molecule has 0 bridgehead atoms. The Labute approximate surface area is 124 Å². The normalized spacial score (nSPS) is 10.4. The van der Waals surface area contributed by atoms with E-state index in [1.165, 1.54) is 18.2 Å². The van der Waals surface area contributed by atoms with Crippen LogP contribution < -0.4 is 5.32 Å². The molecule has 19 heavy (non-hydrogen) atoms. The molecule has 0 radical (unpaired) electrons. The highest BCUT2D eigenvalue weighted by Crippen LogP contribution is 2.22. The van der Waals surface area contributed by atoms with E-state index in [-0.39, 0.29) is 5.97 Å². The van der Waals surface area contributed by atoms with Crippen LogP contribution in [0.25, 0.3) is 0 Å². The maximum absolute atomic E-state index is 11.2. The topological polar surface area (TPSA) is 51.2 Å². The van der Waals surface area contributed by atoms with E-state index in [4.69, 9.17) is 0 Å². The molecule has 2 heterocycles. The quantitative estimate of drug-likeness (QED) is 0.850. The fraction of sp³-hybridized carbons (Fsp3) is 0.231. The van der Waals surface area contributed by atoms with Crippen LogP contribution in [0.3, 0.4) is 0 Å². The molecule has 2 aromatic heterocycles. The maximum atomic E-state index is 11.2. The van der Waals surface area contributed by atoms with Crippen molar-refractivity contribution in [3.63, 3.8) is 0 Å². The molecule has 0 aliphatic rings. The standard InChI is InChI=1S/C13H13BrN2O2S/c1-18-13(17)9-2-3-10(16-6-9)7-15-8-12-11(14)4-5-19-12/h2-6,15H,7-8H2,1H3. The van der Waals surface area contributed by atoms with Gasteiger partial charge in [-0.3, -0.25) is 4.98 Å². The van der Waals surface area contributed by atoms with Gasteiger partial charge >= 0.3 is 5.97 Å². The van der Waals surface area contributed by atoms with Crippen molar-refractivity contribution in [1.82, 2.24) is 10.3 Å². The first-order valence-corrected chi connectivity index (χ1v) is 7.34. The van der Waals surface area contributed by atoms with E-state index in [2.05, 4.69) is 31.0 Å². The van der Waals surface area contributed by atoms with Crippen LogP contribution >= 0.6 is 27.3 Å². The third-order valence-corrected chi connectivity index (χ3v) is 4.45. The second-order valence-electron chi connectivity index (χ2n) is 3.83. The molecule has 0 saturated heterocycles. The molecule has 0 aromatic carbocycles. The molecule has 0 aliphatic heterocycles. The summed E-state index contributed by atoms with van der Waals surface area (Å²) in [5.41, 5.74) is 1.35. The van der Waals surface area contributed by atoms with Crippen LogP contribution in [0.5, 0.6) is 0 Å². The molecule has 0 amide bonds. The number of nitrogens with one attached hydrogen (secondary N) is 1. The Balaban J connectivity index is 1.86. The van der Waals surface area contributed by atoms with E-state index in [1.54, 1.807) is 17.4 Å². The summed E-state index contributed by atoms with van der Waals surface area (Å²) < 4.78 is 5.75. The predicted octanol–water partition coefficient (Wildman–Crippen LogP) is 2.98. The average Bonchev–Trinajstić information content (AvgIpc) is 2.84. The Morgan fingerprint density at radius 1 is 1.42 bits per heavy atom. The first kappa shape index (κ1) is 14.2. The van der Waals surface area contributed by atoms with E-state index >= 15 is 0 Å². The summed E-state index contributed by atoms with van der Waals surface area (Å²) in [5, 5.41) is 5.36. The number of halogens is 1. The van der Waals surface area contributed by atoms with Gasteiger partial charge in [-0.05, 0) is 39.5 Å². The summed E-state index contributed by atoms with van der Waals surface area (Å²) in [5.74, 6) is -0.366. The summed E-state index contributed by atoms with van der Waals surface area (Å²) in [6.07, 6.45) is 1.53. The van der Waals surface area contributed by atoms with Gasteiger partial charge in [0.2, 0.25) is 0 Å². The maximum Gasteiger partial charge on any atom is 0.339 e. The van der Waals surface area contributed by atoms with Crippen molar-refractivity contribution >= 4 is 33.2 Å². The number of methoxy groups -OCH3 is 1. The number of esters is 1. The zero-order chi connectivity index (χ0) is 13.7. The van der Waals surface area contributed by atoms with Gasteiger partial charge in [-0.15, -0.1) is 11.3 Å². The number of hydrogen-bond donors (Lipinski definition) is 1. The summed E-state index contributed by atoms with van der Waals surface area (Å²) in [6, 6.07) is 5.57. The molecule has 2 rings (SSSR count). The lowest BCUT2D eigenvalue weighted by molar-refractivity contribution is 0.0600. The zero-order valence-corrected chi connectivity index (χ0v) is 12.8. The summed E-state index contributed by atoms with van der Waals surface area (Å²) in [7, 11) is 1.36. The van der Waals surface area contributed by atoms with Gasteiger partial charge in [-0.25, -0.2) is 4.79 Å². The Morgan fingerprint density at radius 3 is 2.84 bits per heavy atom. The molecule has 0 saturated carbocycles. The number of carbonyl (C=O) groups is 1. The predicted molar refractivity (Wildman–Crippen MR) is 78.1 cm³/mol. The first-order chi connectivity index (χ1) is 9.20. The molecule has 0 unspecified atom stereocenters. The third kappa shape index (κ3) is 3.86. The minimum atomic E-state index is -0.366. The minimum absolute atomic E-state index is 0.366. The lowest BCUT2D eigenvalue weighted by Crippen LogP contribution is -2.13. The number of ether oxygens (including phenoxy) is 1. The van der Waals surface area contributed by atoms with E-state index in [0.29, 0.717) is 12.1 Å². The fourth-order valence-corrected chi connectivity index (χ4v) is 2.99. The van der Waals surface area contributed by atoms with Gasteiger partial charge in [0.25, 0.3) is 0 Å². The number of nitrogens with zero attached hydrogens (tertiary/aromatic N) is 1. The van der Waals surface area contributed by atoms with Crippen LogP contribution in [0.4, 0.5) is 0 Å². The van der Waals surface area contributed by atoms with Crippen molar-refractivity contribution in [2.24, 2.45) is 0 Å². The smallest absolute Gasteiger partial charge is 0.339 e. The van der Waals surface area contributed by atoms with Crippen molar-refractivity contribution in [2.75, 3.05) is 7.11 Å². The number of aromatic nitrogens is 1. The van der Waals surface area contributed by atoms with E-state index < -0.39 is 0 Å². The third-order valence-electron chi connectivity index (χ3n) is 2.53. The molecule has 0 atom stereocenters. The first-order valence-electron chi connectivity index (χ1n) is 5.66. The molecular formula is C13H13BrN2O2S. The van der Waals surface area contributed by atoms with Crippen LogP contribution in [-0.2, 0) is 17.8 Å². The lowest BCUT2D eigenvalue weighted by Gasteiger charge is -2.04. The Bertz CT molecular complexity index is 554. The molecule has 6 heteroatoms. The van der Waals surface area contributed by atoms with Gasteiger partial charge in [0, 0.05) is 28.6 Å². The fourth-order valence-electron chi connectivity index (χ4n) is 1.52. The number of rotatable bonds is 5. The second kappa shape index (κ2) is 6.79. The Kier molecular flexibility index (Phi) is 5.07. The number of thiophene rings is 1. The Morgan fingerprint density at radius 2 is 2.26 bits per heavy atom. The highest BCUT2D eigenvalue weighted by atomic mass is 79.9. The van der Waals surface area contributed by atoms with Gasteiger partial charge < -0.3 is 10.1 Å². The highest BCUT2D eigenvalue weighted by molar-refractivity contribution is 9.10. The Hall–Kier alpha value is -1.24. The average molecular weight is 341 g/mol. The lowest BCUT2D eigenvalue weighted by atomic mass is 10.2. The molecule has 2 aromatic rings.